The molecule has 2 saturated carbocycles. The summed E-state index contributed by atoms with van der Waals surface area (Å²) in [7, 11) is -1.51. The van der Waals surface area contributed by atoms with Gasteiger partial charge in [0, 0.05) is 12.0 Å². The number of ketones is 2. The second kappa shape index (κ2) is 8.84. The lowest BCUT2D eigenvalue weighted by atomic mass is 9.87. The molecule has 0 aliphatic heterocycles. The van der Waals surface area contributed by atoms with Crippen molar-refractivity contribution < 1.29 is 27.2 Å². The highest BCUT2D eigenvalue weighted by atomic mass is 28.3. The number of fused-ring (bicyclic) bond motifs is 1. The van der Waals surface area contributed by atoms with Gasteiger partial charge in [-0.1, -0.05) is 75.4 Å². The van der Waals surface area contributed by atoms with Gasteiger partial charge in [-0.15, -0.1) is 0 Å². The van der Waals surface area contributed by atoms with Crippen LogP contribution in [0.5, 0.6) is 0 Å². The van der Waals surface area contributed by atoms with Gasteiger partial charge in [0.25, 0.3) is 9.04 Å². The lowest BCUT2D eigenvalue weighted by molar-refractivity contribution is -0.172. The Hall–Kier alpha value is -2.25. The van der Waals surface area contributed by atoms with Gasteiger partial charge < -0.3 is 4.43 Å². The van der Waals surface area contributed by atoms with Crippen molar-refractivity contribution in [2.24, 2.45) is 17.8 Å². The van der Waals surface area contributed by atoms with E-state index in [0.717, 1.165) is 10.4 Å². The first-order valence-electron chi connectivity index (χ1n) is 11.3. The number of carbonyl (C=O) groups excluding carboxylic acids is 2. The third-order valence-electron chi connectivity index (χ3n) is 6.76. The van der Waals surface area contributed by atoms with Crippen molar-refractivity contribution in [3.63, 3.8) is 0 Å². The van der Waals surface area contributed by atoms with E-state index in [4.69, 9.17) is 4.43 Å². The van der Waals surface area contributed by atoms with Gasteiger partial charge in [-0.25, -0.2) is 0 Å². The summed E-state index contributed by atoms with van der Waals surface area (Å²) in [5.41, 5.74) is 1.30. The lowest BCUT2D eigenvalue weighted by Crippen LogP contribution is -2.47. The summed E-state index contributed by atoms with van der Waals surface area (Å²) >= 11 is 0. The molecule has 7 heteroatoms. The molecule has 0 spiro atoms. The van der Waals surface area contributed by atoms with Crippen molar-refractivity contribution in [2.45, 2.75) is 57.7 Å². The van der Waals surface area contributed by atoms with Gasteiger partial charge in [-0.05, 0) is 46.0 Å². The predicted molar refractivity (Wildman–Crippen MR) is 122 cm³/mol. The Bertz CT molecular complexity index is 1000. The average Bonchev–Trinajstić information content (AvgIpc) is 3.26. The van der Waals surface area contributed by atoms with E-state index in [1.54, 1.807) is 0 Å². The smallest absolute Gasteiger partial charge is 0.404 e. The van der Waals surface area contributed by atoms with E-state index in [9.17, 15) is 22.8 Å². The zero-order chi connectivity index (χ0) is 24.0. The van der Waals surface area contributed by atoms with Crippen molar-refractivity contribution in [3.05, 3.63) is 60.2 Å². The van der Waals surface area contributed by atoms with Crippen molar-refractivity contribution in [1.82, 2.24) is 0 Å². The molecule has 0 bridgehead atoms. The Morgan fingerprint density at radius 3 is 1.97 bits per heavy atom. The zero-order valence-electron chi connectivity index (χ0n) is 19.0. The largest absolute Gasteiger partial charge is 0.450 e. The summed E-state index contributed by atoms with van der Waals surface area (Å²) in [5, 5.41) is 2.28. The van der Waals surface area contributed by atoms with E-state index >= 15 is 0 Å². The van der Waals surface area contributed by atoms with Gasteiger partial charge in [0.2, 0.25) is 5.78 Å². The molecule has 1 radical (unpaired) electrons. The first-order valence-corrected chi connectivity index (χ1v) is 12.7. The normalized spacial score (nSPS) is 24.6. The first kappa shape index (κ1) is 23.9. The number of alkyl halides is 3. The van der Waals surface area contributed by atoms with Crippen LogP contribution in [0.2, 0.25) is 0 Å². The molecule has 0 saturated heterocycles. The maximum Gasteiger partial charge on any atom is 0.450 e. The fraction of sp³-hybridized carbons (Fsp3) is 0.462. The Labute approximate surface area is 194 Å². The Balaban J connectivity index is 1.42. The molecule has 2 aliphatic carbocycles. The number of halogens is 3. The molecule has 3 nitrogen and oxygen atoms in total. The maximum atomic E-state index is 12.5. The van der Waals surface area contributed by atoms with Gasteiger partial charge in [0.1, 0.15) is 5.78 Å². The molecule has 0 heterocycles. The molecule has 4 rings (SSSR count). The van der Waals surface area contributed by atoms with Crippen LogP contribution >= 0.6 is 0 Å². The van der Waals surface area contributed by atoms with Crippen LogP contribution in [0.1, 0.15) is 45.6 Å². The summed E-state index contributed by atoms with van der Waals surface area (Å²) in [6.07, 6.45) is -4.70. The first-order chi connectivity index (χ1) is 15.4. The zero-order valence-corrected chi connectivity index (χ0v) is 20.0. The predicted octanol–water partition coefficient (Wildman–Crippen LogP) is 4.22. The summed E-state index contributed by atoms with van der Waals surface area (Å²) < 4.78 is 44.1. The molecule has 175 valence electrons. The van der Waals surface area contributed by atoms with Crippen LogP contribution < -0.4 is 10.4 Å². The highest BCUT2D eigenvalue weighted by Crippen LogP contribution is 2.59. The van der Waals surface area contributed by atoms with E-state index in [0.29, 0.717) is 12.8 Å². The van der Waals surface area contributed by atoms with E-state index in [1.165, 1.54) is 5.56 Å². The second-order valence-electron chi connectivity index (χ2n) is 10.2. The molecule has 2 unspecified atom stereocenters. The number of benzene rings is 2. The van der Waals surface area contributed by atoms with Crippen molar-refractivity contribution in [3.8, 4) is 0 Å². The van der Waals surface area contributed by atoms with Crippen molar-refractivity contribution >= 4 is 31.0 Å². The summed E-state index contributed by atoms with van der Waals surface area (Å²) in [4.78, 5) is 23.4. The van der Waals surface area contributed by atoms with Crippen LogP contribution in [-0.2, 0) is 19.4 Å². The third kappa shape index (κ3) is 5.30. The molecule has 2 atom stereocenters. The van der Waals surface area contributed by atoms with Gasteiger partial charge in [0.05, 0.1) is 6.42 Å². The van der Waals surface area contributed by atoms with Crippen molar-refractivity contribution in [2.75, 3.05) is 0 Å². The van der Waals surface area contributed by atoms with Crippen LogP contribution in [0.25, 0.3) is 0 Å². The summed E-state index contributed by atoms with van der Waals surface area (Å²) in [5.74, 6) is -2.87. The minimum absolute atomic E-state index is 0.0289. The molecule has 2 aliphatic rings. The molecule has 0 amide bonds. The highest BCUT2D eigenvalue weighted by molar-refractivity contribution is 6.80. The number of hydrogen-bond acceptors (Lipinski definition) is 3. The van der Waals surface area contributed by atoms with Gasteiger partial charge >= 0.3 is 6.18 Å². The summed E-state index contributed by atoms with van der Waals surface area (Å²) in [6, 6.07) is 18.6. The Morgan fingerprint density at radius 1 is 0.909 bits per heavy atom. The molecular weight excluding hydrogens is 445 g/mol. The number of carbonyl (C=O) groups is 2. The standard InChI is InChI=1S/C26H28F3O3Si/c1-25(2,3)16-9-11-19(12-10-16)33(18-7-5-4-6-8-18)32-17-13-20-21(14-17)24(20)22(30)15-23(31)26(27,28)29/h4-12,17,20-21,24H,13-15H2,1-3H3. The maximum absolute atomic E-state index is 12.5. The fourth-order valence-corrected chi connectivity index (χ4v) is 7.02. The topological polar surface area (TPSA) is 43.4 Å². The average molecular weight is 474 g/mol. The number of hydrogen-bond donors (Lipinski definition) is 0. The number of rotatable bonds is 7. The van der Waals surface area contributed by atoms with Crippen LogP contribution in [0.3, 0.4) is 0 Å². The fourth-order valence-electron chi connectivity index (χ4n) is 4.92. The molecule has 0 aromatic heterocycles. The number of Topliss-reactive ketones (excluding diaryl/α,β-unsaturated/α-hetero) is 2. The molecular formula is C26H28F3O3Si. The van der Waals surface area contributed by atoms with E-state index in [2.05, 4.69) is 57.2 Å². The van der Waals surface area contributed by atoms with E-state index < -0.39 is 39.1 Å². The van der Waals surface area contributed by atoms with Gasteiger partial charge in [0.15, 0.2) is 0 Å². The van der Waals surface area contributed by atoms with Gasteiger partial charge in [-0.3, -0.25) is 9.59 Å². The molecule has 2 aromatic rings. The minimum atomic E-state index is -4.94. The summed E-state index contributed by atoms with van der Waals surface area (Å²) in [6.45, 7) is 6.52. The molecule has 33 heavy (non-hydrogen) atoms. The molecule has 2 aromatic carbocycles. The minimum Gasteiger partial charge on any atom is -0.404 e. The molecule has 0 N–H and O–H groups in total. The second-order valence-corrected chi connectivity index (χ2v) is 12.2. The molecule has 2 fully saturated rings. The van der Waals surface area contributed by atoms with Gasteiger partial charge in [-0.2, -0.15) is 13.2 Å². The quantitative estimate of drug-likeness (QED) is 0.447. The Morgan fingerprint density at radius 2 is 1.45 bits per heavy atom. The SMILES string of the molecule is CC(C)(C)c1ccc([Si](OC2CC3C(C2)C3C(=O)CC(=O)C(F)(F)F)c2ccccc2)cc1. The Kier molecular flexibility index (Phi) is 6.40. The third-order valence-corrected chi connectivity index (χ3v) is 9.04. The van der Waals surface area contributed by atoms with Crippen LogP contribution in [0.15, 0.2) is 54.6 Å². The highest BCUT2D eigenvalue weighted by Gasteiger charge is 2.60. The lowest BCUT2D eigenvalue weighted by Gasteiger charge is -2.24. The van der Waals surface area contributed by atoms with Crippen molar-refractivity contribution in [1.29, 1.82) is 0 Å². The van der Waals surface area contributed by atoms with Crippen LogP contribution in [0, 0.1) is 17.8 Å². The van der Waals surface area contributed by atoms with Crippen LogP contribution in [-0.4, -0.2) is 32.9 Å². The van der Waals surface area contributed by atoms with E-state index in [1.807, 2.05) is 18.2 Å². The van der Waals surface area contributed by atoms with E-state index in [-0.39, 0.29) is 23.4 Å². The monoisotopic (exact) mass is 473 g/mol. The van der Waals surface area contributed by atoms with Crippen LogP contribution in [0.4, 0.5) is 13.2 Å².